The fourth-order valence-electron chi connectivity index (χ4n) is 4.28. The SMILES string of the molecule is CC1=C(C(=O)Nc2ccccc2)C2C(=C(SCC(=O)c3cccc(Br)c3)N1)C(=O)n1cccc12. The summed E-state index contributed by atoms with van der Waals surface area (Å²) in [6, 6.07) is 20.1. The lowest BCUT2D eigenvalue weighted by molar-refractivity contribution is -0.113. The molecule has 6 nitrogen and oxygen atoms in total. The number of aromatic nitrogens is 1. The maximum absolute atomic E-state index is 13.3. The number of nitrogens with one attached hydrogen (secondary N) is 2. The zero-order valence-electron chi connectivity index (χ0n) is 18.2. The molecule has 3 aromatic rings. The third-order valence-electron chi connectivity index (χ3n) is 5.82. The maximum atomic E-state index is 13.3. The van der Waals surface area contributed by atoms with E-state index in [1.165, 1.54) is 11.8 Å². The molecule has 8 heteroatoms. The van der Waals surface area contributed by atoms with E-state index in [0.29, 0.717) is 33.1 Å². The number of para-hydroxylation sites is 1. The number of ketones is 1. The summed E-state index contributed by atoms with van der Waals surface area (Å²) in [5.41, 5.74) is 3.66. The van der Waals surface area contributed by atoms with Crippen molar-refractivity contribution >= 4 is 51.0 Å². The molecule has 0 spiro atoms. The van der Waals surface area contributed by atoms with Gasteiger partial charge in [0.05, 0.1) is 22.3 Å². The van der Waals surface area contributed by atoms with Crippen molar-refractivity contribution in [1.82, 2.24) is 9.88 Å². The molecule has 0 saturated heterocycles. The number of amides is 1. The Morgan fingerprint density at radius 3 is 2.65 bits per heavy atom. The van der Waals surface area contributed by atoms with Gasteiger partial charge >= 0.3 is 0 Å². The van der Waals surface area contributed by atoms with Crippen LogP contribution in [0.15, 0.2) is 99.3 Å². The van der Waals surface area contributed by atoms with Crippen LogP contribution in [0.4, 0.5) is 5.69 Å². The molecule has 2 N–H and O–H groups in total. The monoisotopic (exact) mass is 533 g/mol. The van der Waals surface area contributed by atoms with E-state index in [9.17, 15) is 14.4 Å². The number of carbonyl (C=O) groups is 3. The van der Waals surface area contributed by atoms with E-state index in [4.69, 9.17) is 0 Å². The first-order valence-electron chi connectivity index (χ1n) is 10.7. The molecular formula is C26H20BrN3O3S. The molecule has 2 aliphatic heterocycles. The van der Waals surface area contributed by atoms with Crippen LogP contribution in [0, 0.1) is 0 Å². The first kappa shape index (κ1) is 22.4. The van der Waals surface area contributed by atoms with Crippen LogP contribution in [0.1, 0.15) is 33.7 Å². The summed E-state index contributed by atoms with van der Waals surface area (Å²) in [4.78, 5) is 39.4. The molecule has 0 radical (unpaired) electrons. The van der Waals surface area contributed by atoms with Crippen LogP contribution in [0.2, 0.25) is 0 Å². The van der Waals surface area contributed by atoms with Gasteiger partial charge < -0.3 is 10.6 Å². The van der Waals surface area contributed by atoms with Gasteiger partial charge in [-0.15, -0.1) is 0 Å². The Kier molecular flexibility index (Phi) is 6.02. The van der Waals surface area contributed by atoms with Crippen LogP contribution in [0.3, 0.4) is 0 Å². The van der Waals surface area contributed by atoms with Crippen molar-refractivity contribution in [1.29, 1.82) is 0 Å². The number of carbonyl (C=O) groups excluding carboxylic acids is 3. The average molecular weight is 534 g/mol. The maximum Gasteiger partial charge on any atom is 0.261 e. The third kappa shape index (κ3) is 4.03. The molecule has 0 bridgehead atoms. The zero-order chi connectivity index (χ0) is 23.8. The molecular weight excluding hydrogens is 514 g/mol. The molecule has 0 aliphatic carbocycles. The number of dihydropyridines is 1. The number of Topliss-reactive ketones (excluding diaryl/α,β-unsaturated/α-hetero) is 1. The van der Waals surface area contributed by atoms with Gasteiger partial charge in [-0.05, 0) is 43.3 Å². The number of anilines is 1. The highest BCUT2D eigenvalue weighted by atomic mass is 79.9. The van der Waals surface area contributed by atoms with Crippen LogP contribution in [0.25, 0.3) is 0 Å². The van der Waals surface area contributed by atoms with E-state index < -0.39 is 5.92 Å². The van der Waals surface area contributed by atoms with Crippen molar-refractivity contribution in [3.63, 3.8) is 0 Å². The minimum atomic E-state index is -0.504. The van der Waals surface area contributed by atoms with Gasteiger partial charge in [-0.2, -0.15) is 0 Å². The first-order chi connectivity index (χ1) is 16.4. The number of hydrogen-bond acceptors (Lipinski definition) is 5. The fraction of sp³-hybridized carbons (Fsp3) is 0.115. The van der Waals surface area contributed by atoms with Gasteiger partial charge in [0.1, 0.15) is 0 Å². The summed E-state index contributed by atoms with van der Waals surface area (Å²) in [6.45, 7) is 1.82. The van der Waals surface area contributed by atoms with Crippen molar-refractivity contribution in [2.45, 2.75) is 12.8 Å². The summed E-state index contributed by atoms with van der Waals surface area (Å²) in [6.07, 6.45) is 1.71. The van der Waals surface area contributed by atoms with Crippen LogP contribution in [-0.2, 0) is 4.79 Å². The Hall–Kier alpha value is -3.36. The number of benzene rings is 2. The molecule has 1 aromatic heterocycles. The number of rotatable bonds is 6. The number of hydrogen-bond donors (Lipinski definition) is 2. The average Bonchev–Trinajstić information content (AvgIpc) is 3.41. The molecule has 1 atom stereocenters. The molecule has 1 amide bonds. The van der Waals surface area contributed by atoms with Crippen molar-refractivity contribution in [3.8, 4) is 0 Å². The summed E-state index contributed by atoms with van der Waals surface area (Å²) in [5.74, 6) is -0.841. The normalized spacial score (nSPS) is 16.8. The standard InChI is InChI=1S/C26H20BrN3O3S/c1-15-21(24(32)29-18-9-3-2-4-10-18)22-19-11-6-12-30(19)26(33)23(22)25(28-15)34-14-20(31)16-7-5-8-17(27)13-16/h2-13,22,28H,14H2,1H3,(H,29,32). The minimum Gasteiger partial charge on any atom is -0.353 e. The number of thioether (sulfide) groups is 1. The Morgan fingerprint density at radius 1 is 1.09 bits per heavy atom. The highest BCUT2D eigenvalue weighted by Gasteiger charge is 2.44. The lowest BCUT2D eigenvalue weighted by Gasteiger charge is -2.27. The smallest absolute Gasteiger partial charge is 0.261 e. The van der Waals surface area contributed by atoms with Crippen molar-refractivity contribution in [2.24, 2.45) is 0 Å². The van der Waals surface area contributed by atoms with E-state index in [0.717, 1.165) is 10.2 Å². The van der Waals surface area contributed by atoms with E-state index in [1.54, 1.807) is 29.0 Å². The molecule has 34 heavy (non-hydrogen) atoms. The van der Waals surface area contributed by atoms with Gasteiger partial charge in [-0.3, -0.25) is 19.0 Å². The van der Waals surface area contributed by atoms with Crippen molar-refractivity contribution in [2.75, 3.05) is 11.1 Å². The lowest BCUT2D eigenvalue weighted by Crippen LogP contribution is -2.30. The Balaban J connectivity index is 1.46. The summed E-state index contributed by atoms with van der Waals surface area (Å²) in [7, 11) is 0. The highest BCUT2D eigenvalue weighted by molar-refractivity contribution is 9.10. The summed E-state index contributed by atoms with van der Waals surface area (Å²) >= 11 is 4.68. The molecule has 3 heterocycles. The minimum absolute atomic E-state index is 0.0444. The van der Waals surface area contributed by atoms with Gasteiger partial charge in [0, 0.05) is 38.9 Å². The van der Waals surface area contributed by atoms with Crippen LogP contribution in [-0.4, -0.2) is 27.9 Å². The van der Waals surface area contributed by atoms with Crippen LogP contribution in [0.5, 0.6) is 0 Å². The van der Waals surface area contributed by atoms with E-state index >= 15 is 0 Å². The zero-order valence-corrected chi connectivity index (χ0v) is 20.6. The molecule has 2 aromatic carbocycles. The van der Waals surface area contributed by atoms with E-state index in [-0.39, 0.29) is 23.4 Å². The number of allylic oxidation sites excluding steroid dienone is 2. The quantitative estimate of drug-likeness (QED) is 0.418. The first-order valence-corrected chi connectivity index (χ1v) is 12.4. The number of nitrogens with zero attached hydrogens (tertiary/aromatic N) is 1. The molecule has 170 valence electrons. The largest absolute Gasteiger partial charge is 0.353 e. The van der Waals surface area contributed by atoms with Crippen molar-refractivity contribution in [3.05, 3.63) is 111 Å². The van der Waals surface area contributed by atoms with E-state index in [1.807, 2.05) is 55.5 Å². The van der Waals surface area contributed by atoms with Gasteiger partial charge in [0.2, 0.25) is 0 Å². The van der Waals surface area contributed by atoms with Gasteiger partial charge in [0.15, 0.2) is 5.78 Å². The lowest BCUT2D eigenvalue weighted by atomic mass is 9.86. The van der Waals surface area contributed by atoms with Gasteiger partial charge in [-0.1, -0.05) is 58.0 Å². The fourth-order valence-corrected chi connectivity index (χ4v) is 5.70. The predicted molar refractivity (Wildman–Crippen MR) is 137 cm³/mol. The van der Waals surface area contributed by atoms with E-state index in [2.05, 4.69) is 26.6 Å². The molecule has 5 rings (SSSR count). The van der Waals surface area contributed by atoms with Crippen molar-refractivity contribution < 1.29 is 14.4 Å². The molecule has 0 fully saturated rings. The van der Waals surface area contributed by atoms with Crippen LogP contribution >= 0.6 is 27.7 Å². The predicted octanol–water partition coefficient (Wildman–Crippen LogP) is 5.33. The Labute approximate surface area is 209 Å². The topological polar surface area (TPSA) is 80.2 Å². The second kappa shape index (κ2) is 9.12. The van der Waals surface area contributed by atoms with Gasteiger partial charge in [0.25, 0.3) is 11.8 Å². The number of halogens is 1. The third-order valence-corrected chi connectivity index (χ3v) is 7.33. The second-order valence-corrected chi connectivity index (χ2v) is 9.89. The summed E-state index contributed by atoms with van der Waals surface area (Å²) in [5, 5.41) is 6.79. The van der Waals surface area contributed by atoms with Crippen LogP contribution < -0.4 is 10.6 Å². The van der Waals surface area contributed by atoms with Gasteiger partial charge in [-0.25, -0.2) is 0 Å². The summed E-state index contributed by atoms with van der Waals surface area (Å²) < 4.78 is 2.41. The second-order valence-electron chi connectivity index (χ2n) is 7.99. The highest BCUT2D eigenvalue weighted by Crippen LogP contribution is 2.46. The molecule has 1 unspecified atom stereocenters. The Morgan fingerprint density at radius 2 is 1.88 bits per heavy atom. The number of fused-ring (bicyclic) bond motifs is 3. The Bertz CT molecular complexity index is 1390. The molecule has 2 aliphatic rings. The molecule has 0 saturated carbocycles.